The third-order valence-electron chi connectivity index (χ3n) is 2.47. The van der Waals surface area contributed by atoms with Crippen molar-refractivity contribution in [2.75, 3.05) is 0 Å². The zero-order valence-electron chi connectivity index (χ0n) is 6.98. The van der Waals surface area contributed by atoms with Crippen molar-refractivity contribution >= 4 is 11.6 Å². The van der Waals surface area contributed by atoms with Crippen LogP contribution in [0.2, 0.25) is 5.02 Å². The highest BCUT2D eigenvalue weighted by Crippen LogP contribution is 2.48. The highest BCUT2D eigenvalue weighted by molar-refractivity contribution is 6.30. The van der Waals surface area contributed by atoms with E-state index in [9.17, 15) is 4.39 Å². The van der Waals surface area contributed by atoms with E-state index in [4.69, 9.17) is 18.0 Å². The molecule has 0 bridgehead atoms. The van der Waals surface area contributed by atoms with E-state index in [1.54, 1.807) is 12.1 Å². The lowest BCUT2D eigenvalue weighted by molar-refractivity contribution is 0.600. The molecule has 0 aliphatic heterocycles. The summed E-state index contributed by atoms with van der Waals surface area (Å²) in [4.78, 5) is 0. The molecule has 0 saturated heterocycles. The average Bonchev–Trinajstić information content (AvgIpc) is 2.85. The molecule has 0 nitrogen and oxygen atoms in total. The lowest BCUT2D eigenvalue weighted by Crippen LogP contribution is -2.05. The third kappa shape index (κ3) is 1.32. The minimum Gasteiger partial charge on any atom is -0.207 e. The molecule has 0 radical (unpaired) electrons. The monoisotopic (exact) mass is 194 g/mol. The molecule has 1 aromatic carbocycles. The van der Waals surface area contributed by atoms with Crippen molar-refractivity contribution in [3.05, 3.63) is 34.6 Å². The van der Waals surface area contributed by atoms with Crippen molar-refractivity contribution in [3.63, 3.8) is 0 Å². The zero-order valence-corrected chi connectivity index (χ0v) is 7.74. The first-order valence-electron chi connectivity index (χ1n) is 4.11. The van der Waals surface area contributed by atoms with E-state index >= 15 is 0 Å². The number of benzene rings is 1. The fourth-order valence-electron chi connectivity index (χ4n) is 1.49. The summed E-state index contributed by atoms with van der Waals surface area (Å²) in [5, 5.41) is 0.411. The Bertz CT molecular complexity index is 386. The van der Waals surface area contributed by atoms with Gasteiger partial charge in [0.2, 0.25) is 0 Å². The molecule has 0 amide bonds. The molecule has 0 aromatic heterocycles. The summed E-state index contributed by atoms with van der Waals surface area (Å²) in [6, 6.07) is 4.68. The Kier molecular flexibility index (Phi) is 1.82. The van der Waals surface area contributed by atoms with Crippen molar-refractivity contribution in [2.45, 2.75) is 18.3 Å². The predicted octanol–water partition coefficient (Wildman–Crippen LogP) is 3.14. The minimum atomic E-state index is -0.339. The van der Waals surface area contributed by atoms with Crippen molar-refractivity contribution in [3.8, 4) is 12.3 Å². The minimum absolute atomic E-state index is 0.289. The molecule has 13 heavy (non-hydrogen) atoms. The van der Waals surface area contributed by atoms with E-state index in [1.165, 1.54) is 6.07 Å². The maximum absolute atomic E-state index is 13.4. The molecule has 1 saturated carbocycles. The Hall–Kier alpha value is -1.00. The molecule has 1 fully saturated rings. The SMILES string of the molecule is C#CC1(c2ccc(Cl)cc2F)CC1. The smallest absolute Gasteiger partial charge is 0.129 e. The van der Waals surface area contributed by atoms with Gasteiger partial charge in [-0.25, -0.2) is 4.39 Å². The lowest BCUT2D eigenvalue weighted by atomic mass is 9.97. The van der Waals surface area contributed by atoms with Crippen molar-refractivity contribution in [1.29, 1.82) is 0 Å². The van der Waals surface area contributed by atoms with Gasteiger partial charge in [-0.2, -0.15) is 0 Å². The van der Waals surface area contributed by atoms with Gasteiger partial charge in [0.15, 0.2) is 0 Å². The summed E-state index contributed by atoms with van der Waals surface area (Å²) in [6.45, 7) is 0. The summed E-state index contributed by atoms with van der Waals surface area (Å²) < 4.78 is 13.4. The Morgan fingerprint density at radius 3 is 2.62 bits per heavy atom. The second-order valence-corrected chi connectivity index (χ2v) is 3.79. The van der Waals surface area contributed by atoms with E-state index in [0.29, 0.717) is 10.6 Å². The van der Waals surface area contributed by atoms with Crippen LogP contribution < -0.4 is 0 Å². The quantitative estimate of drug-likeness (QED) is 0.603. The van der Waals surface area contributed by atoms with Crippen LogP contribution in [-0.4, -0.2) is 0 Å². The van der Waals surface area contributed by atoms with Crippen LogP contribution in [0, 0.1) is 18.2 Å². The first-order chi connectivity index (χ1) is 6.18. The molecule has 0 atom stereocenters. The number of rotatable bonds is 1. The van der Waals surface area contributed by atoms with Crippen molar-refractivity contribution < 1.29 is 4.39 Å². The number of halogens is 2. The van der Waals surface area contributed by atoms with Crippen molar-refractivity contribution in [2.24, 2.45) is 0 Å². The Morgan fingerprint density at radius 2 is 2.15 bits per heavy atom. The number of terminal acetylenes is 1. The Labute approximate surface area is 81.7 Å². The normalized spacial score (nSPS) is 17.9. The summed E-state index contributed by atoms with van der Waals surface area (Å²) in [7, 11) is 0. The highest BCUT2D eigenvalue weighted by atomic mass is 35.5. The van der Waals surface area contributed by atoms with E-state index in [0.717, 1.165) is 12.8 Å². The second-order valence-electron chi connectivity index (χ2n) is 3.35. The molecule has 1 aromatic rings. The van der Waals surface area contributed by atoms with Crippen LogP contribution >= 0.6 is 11.6 Å². The molecule has 0 spiro atoms. The van der Waals surface area contributed by atoms with Crippen LogP contribution in [-0.2, 0) is 5.41 Å². The molecule has 2 heteroatoms. The standard InChI is InChI=1S/C11H8ClF/c1-2-11(5-6-11)9-4-3-8(12)7-10(9)13/h1,3-4,7H,5-6H2. The molecule has 0 heterocycles. The van der Waals surface area contributed by atoms with Gasteiger partial charge in [0, 0.05) is 10.6 Å². The summed E-state index contributed by atoms with van der Waals surface area (Å²) in [6.07, 6.45) is 7.11. The Balaban J connectivity index is 2.48. The lowest BCUT2D eigenvalue weighted by Gasteiger charge is -2.08. The maximum Gasteiger partial charge on any atom is 0.129 e. The van der Waals surface area contributed by atoms with E-state index in [1.807, 2.05) is 0 Å². The van der Waals surface area contributed by atoms with Gasteiger partial charge < -0.3 is 0 Å². The summed E-state index contributed by atoms with van der Waals surface area (Å²) in [5.74, 6) is 2.36. The first kappa shape index (κ1) is 8.59. The van der Waals surface area contributed by atoms with Gasteiger partial charge in [0.05, 0.1) is 5.41 Å². The number of hydrogen-bond donors (Lipinski definition) is 0. The largest absolute Gasteiger partial charge is 0.207 e. The molecular formula is C11H8ClF. The van der Waals surface area contributed by atoms with E-state index in [2.05, 4.69) is 5.92 Å². The van der Waals surface area contributed by atoms with Crippen molar-refractivity contribution in [1.82, 2.24) is 0 Å². The van der Waals surface area contributed by atoms with Crippen LogP contribution in [0.1, 0.15) is 18.4 Å². The van der Waals surface area contributed by atoms with Crippen LogP contribution in [0.4, 0.5) is 4.39 Å². The van der Waals surface area contributed by atoms with Gasteiger partial charge in [-0.05, 0) is 25.0 Å². The second kappa shape index (κ2) is 2.75. The zero-order chi connectivity index (χ0) is 9.47. The molecule has 0 N–H and O–H groups in total. The topological polar surface area (TPSA) is 0 Å². The van der Waals surface area contributed by atoms with Gasteiger partial charge >= 0.3 is 0 Å². The van der Waals surface area contributed by atoms with Crippen LogP contribution in [0.5, 0.6) is 0 Å². The van der Waals surface area contributed by atoms with Crippen LogP contribution in [0.25, 0.3) is 0 Å². The van der Waals surface area contributed by atoms with Gasteiger partial charge in [-0.3, -0.25) is 0 Å². The van der Waals surface area contributed by atoms with E-state index in [-0.39, 0.29) is 11.2 Å². The van der Waals surface area contributed by atoms with E-state index < -0.39 is 0 Å². The predicted molar refractivity (Wildman–Crippen MR) is 51.2 cm³/mol. The average molecular weight is 195 g/mol. The van der Waals surface area contributed by atoms with Crippen LogP contribution in [0.15, 0.2) is 18.2 Å². The molecule has 1 aliphatic carbocycles. The van der Waals surface area contributed by atoms with Gasteiger partial charge in [0.1, 0.15) is 5.82 Å². The van der Waals surface area contributed by atoms with Gasteiger partial charge in [-0.1, -0.05) is 23.6 Å². The van der Waals surface area contributed by atoms with Gasteiger partial charge in [0.25, 0.3) is 0 Å². The highest BCUT2D eigenvalue weighted by Gasteiger charge is 2.44. The molecule has 2 rings (SSSR count). The molecule has 0 unspecified atom stereocenters. The summed E-state index contributed by atoms with van der Waals surface area (Å²) in [5.41, 5.74) is 0.272. The molecule has 1 aliphatic rings. The van der Waals surface area contributed by atoms with Gasteiger partial charge in [-0.15, -0.1) is 6.42 Å². The third-order valence-corrected chi connectivity index (χ3v) is 2.71. The fourth-order valence-corrected chi connectivity index (χ4v) is 1.65. The first-order valence-corrected chi connectivity index (χ1v) is 4.49. The number of hydrogen-bond acceptors (Lipinski definition) is 0. The summed E-state index contributed by atoms with van der Waals surface area (Å²) >= 11 is 5.64. The Morgan fingerprint density at radius 1 is 1.46 bits per heavy atom. The molecule has 66 valence electrons. The molecular weight excluding hydrogens is 187 g/mol. The maximum atomic E-state index is 13.4. The fraction of sp³-hybridized carbons (Fsp3) is 0.273. The van der Waals surface area contributed by atoms with Crippen LogP contribution in [0.3, 0.4) is 0 Å².